The summed E-state index contributed by atoms with van der Waals surface area (Å²) in [4.78, 5) is 16.0. The number of carbonyl (C=O) groups excluding carboxylic acids is 1. The Balaban J connectivity index is 1.86. The summed E-state index contributed by atoms with van der Waals surface area (Å²) >= 11 is 1.56. The van der Waals surface area contributed by atoms with Crippen molar-refractivity contribution in [3.63, 3.8) is 0 Å². The number of nitrogens with one attached hydrogen (secondary N) is 1. The van der Waals surface area contributed by atoms with Crippen LogP contribution in [0, 0.1) is 6.92 Å². The van der Waals surface area contributed by atoms with Crippen LogP contribution in [-0.4, -0.2) is 28.1 Å². The molecule has 1 aromatic heterocycles. The van der Waals surface area contributed by atoms with Crippen molar-refractivity contribution in [2.45, 2.75) is 44.8 Å². The number of aliphatic hydroxyl groups is 1. The van der Waals surface area contributed by atoms with E-state index in [4.69, 9.17) is 0 Å². The minimum absolute atomic E-state index is 0.104. The first-order chi connectivity index (χ1) is 8.65. The van der Waals surface area contributed by atoms with E-state index in [0.29, 0.717) is 0 Å². The molecule has 1 heterocycles. The maximum atomic E-state index is 11.7. The van der Waals surface area contributed by atoms with E-state index in [2.05, 4.69) is 10.3 Å². The molecule has 0 aromatic carbocycles. The lowest BCUT2D eigenvalue weighted by molar-refractivity contribution is -0.118. The molecular formula is C13H18N2O2S. The van der Waals surface area contributed by atoms with Gasteiger partial charge in [-0.2, -0.15) is 0 Å². The average Bonchev–Trinajstić information content (AvgIpc) is 2.76. The van der Waals surface area contributed by atoms with Crippen molar-refractivity contribution in [3.8, 4) is 0 Å². The molecule has 0 bridgehead atoms. The summed E-state index contributed by atoms with van der Waals surface area (Å²) in [6.07, 6.45) is 6.52. The topological polar surface area (TPSA) is 62.2 Å². The van der Waals surface area contributed by atoms with Crippen LogP contribution in [0.15, 0.2) is 11.5 Å². The monoisotopic (exact) mass is 266 g/mol. The van der Waals surface area contributed by atoms with Crippen LogP contribution in [0.1, 0.15) is 36.4 Å². The molecule has 0 saturated heterocycles. The molecule has 1 aliphatic carbocycles. The number of nitrogens with zero attached hydrogens (tertiary/aromatic N) is 1. The van der Waals surface area contributed by atoms with Gasteiger partial charge in [0.15, 0.2) is 0 Å². The van der Waals surface area contributed by atoms with E-state index in [1.807, 2.05) is 12.3 Å². The van der Waals surface area contributed by atoms with Crippen molar-refractivity contribution in [2.24, 2.45) is 0 Å². The third-order valence-electron chi connectivity index (χ3n) is 3.10. The molecule has 4 nitrogen and oxygen atoms in total. The predicted octanol–water partition coefficient (Wildman–Crippen LogP) is 1.88. The Morgan fingerprint density at radius 1 is 1.56 bits per heavy atom. The summed E-state index contributed by atoms with van der Waals surface area (Å²) < 4.78 is 0. The summed E-state index contributed by atoms with van der Waals surface area (Å²) in [5.41, 5.74) is 0.803. The van der Waals surface area contributed by atoms with Crippen LogP contribution in [0.5, 0.6) is 0 Å². The van der Waals surface area contributed by atoms with Crippen molar-refractivity contribution in [1.29, 1.82) is 0 Å². The van der Waals surface area contributed by atoms with Crippen LogP contribution in [0.3, 0.4) is 0 Å². The van der Waals surface area contributed by atoms with Crippen LogP contribution in [-0.2, 0) is 4.79 Å². The van der Waals surface area contributed by atoms with Crippen molar-refractivity contribution >= 4 is 23.3 Å². The minimum Gasteiger partial charge on any atom is -0.391 e. The largest absolute Gasteiger partial charge is 0.391 e. The molecule has 1 aliphatic rings. The lowest BCUT2D eigenvalue weighted by Crippen LogP contribution is -2.44. The fourth-order valence-corrected chi connectivity index (χ4v) is 2.71. The first-order valence-electron chi connectivity index (χ1n) is 6.24. The second kappa shape index (κ2) is 6.11. The third-order valence-corrected chi connectivity index (χ3v) is 3.89. The van der Waals surface area contributed by atoms with Crippen LogP contribution in [0.25, 0.3) is 6.08 Å². The molecule has 0 aliphatic heterocycles. The molecule has 18 heavy (non-hydrogen) atoms. The number of amides is 1. The average molecular weight is 266 g/mol. The minimum atomic E-state index is -0.405. The van der Waals surface area contributed by atoms with E-state index in [0.717, 1.165) is 36.4 Å². The number of carbonyl (C=O) groups is 1. The zero-order chi connectivity index (χ0) is 13.0. The highest BCUT2D eigenvalue weighted by atomic mass is 32.1. The van der Waals surface area contributed by atoms with Crippen LogP contribution in [0.2, 0.25) is 0 Å². The fraction of sp³-hybridized carbons (Fsp3) is 0.538. The first kappa shape index (κ1) is 13.2. The summed E-state index contributed by atoms with van der Waals surface area (Å²) in [6.45, 7) is 1.93. The van der Waals surface area contributed by atoms with Gasteiger partial charge in [0.1, 0.15) is 0 Å². The van der Waals surface area contributed by atoms with Gasteiger partial charge in [-0.1, -0.05) is 12.8 Å². The highest BCUT2D eigenvalue weighted by Gasteiger charge is 2.23. The highest BCUT2D eigenvalue weighted by molar-refractivity contribution is 7.09. The van der Waals surface area contributed by atoms with Gasteiger partial charge in [0.05, 0.1) is 22.8 Å². The van der Waals surface area contributed by atoms with Gasteiger partial charge < -0.3 is 10.4 Å². The Kier molecular flexibility index (Phi) is 4.49. The standard InChI is InChI=1S/C13H18N2O2S/c1-9-14-10(8-18-9)6-7-13(17)15-11-4-2-3-5-12(11)16/h6-8,11-12,16H,2-5H2,1H3,(H,15,17). The molecule has 5 heteroatoms. The van der Waals surface area contributed by atoms with Crippen molar-refractivity contribution < 1.29 is 9.90 Å². The number of thiazole rings is 1. The van der Waals surface area contributed by atoms with Gasteiger partial charge in [-0.15, -0.1) is 11.3 Å². The SMILES string of the molecule is Cc1nc(C=CC(=O)NC2CCCCC2O)cs1. The van der Waals surface area contributed by atoms with E-state index < -0.39 is 6.10 Å². The molecule has 1 saturated carbocycles. The molecule has 2 rings (SSSR count). The normalized spacial score (nSPS) is 24.3. The maximum Gasteiger partial charge on any atom is 0.244 e. The molecule has 0 radical (unpaired) electrons. The second-order valence-corrected chi connectivity index (χ2v) is 5.65. The number of aryl methyl sites for hydroxylation is 1. The number of aliphatic hydroxyl groups excluding tert-OH is 1. The smallest absolute Gasteiger partial charge is 0.244 e. The molecule has 2 unspecified atom stereocenters. The molecule has 1 fully saturated rings. The molecule has 0 spiro atoms. The lowest BCUT2D eigenvalue weighted by Gasteiger charge is -2.27. The fourth-order valence-electron chi connectivity index (χ4n) is 2.13. The van der Waals surface area contributed by atoms with E-state index in [1.165, 1.54) is 6.08 Å². The zero-order valence-corrected chi connectivity index (χ0v) is 11.2. The van der Waals surface area contributed by atoms with Gasteiger partial charge in [0.25, 0.3) is 0 Å². The Hall–Kier alpha value is -1.20. The zero-order valence-electron chi connectivity index (χ0n) is 10.4. The first-order valence-corrected chi connectivity index (χ1v) is 7.12. The number of hydrogen-bond donors (Lipinski definition) is 2. The third kappa shape index (κ3) is 3.65. The number of hydrogen-bond acceptors (Lipinski definition) is 4. The van der Waals surface area contributed by atoms with Gasteiger partial charge in [0, 0.05) is 11.5 Å². The molecule has 1 aromatic rings. The van der Waals surface area contributed by atoms with Crippen molar-refractivity contribution in [1.82, 2.24) is 10.3 Å². The van der Waals surface area contributed by atoms with E-state index in [1.54, 1.807) is 17.4 Å². The predicted molar refractivity (Wildman–Crippen MR) is 72.3 cm³/mol. The molecule has 98 valence electrons. The summed E-state index contributed by atoms with van der Waals surface area (Å²) in [5.74, 6) is -0.161. The quantitative estimate of drug-likeness (QED) is 0.821. The molecule has 2 N–H and O–H groups in total. The highest BCUT2D eigenvalue weighted by Crippen LogP contribution is 2.18. The molecule has 2 atom stereocenters. The Morgan fingerprint density at radius 3 is 3.00 bits per heavy atom. The van der Waals surface area contributed by atoms with E-state index >= 15 is 0 Å². The van der Waals surface area contributed by atoms with Crippen LogP contribution >= 0.6 is 11.3 Å². The van der Waals surface area contributed by atoms with E-state index in [-0.39, 0.29) is 11.9 Å². The molecule has 1 amide bonds. The maximum absolute atomic E-state index is 11.7. The summed E-state index contributed by atoms with van der Waals surface area (Å²) in [5, 5.41) is 15.5. The Labute approximate surface area is 111 Å². The molecular weight excluding hydrogens is 248 g/mol. The van der Waals surface area contributed by atoms with Crippen molar-refractivity contribution in [3.05, 3.63) is 22.2 Å². The lowest BCUT2D eigenvalue weighted by atomic mass is 9.92. The van der Waals surface area contributed by atoms with Gasteiger partial charge in [-0.3, -0.25) is 4.79 Å². The second-order valence-electron chi connectivity index (χ2n) is 4.59. The Morgan fingerprint density at radius 2 is 2.33 bits per heavy atom. The van der Waals surface area contributed by atoms with Gasteiger partial charge in [-0.05, 0) is 25.8 Å². The Bertz CT molecular complexity index is 442. The van der Waals surface area contributed by atoms with Crippen molar-refractivity contribution in [2.75, 3.05) is 0 Å². The van der Waals surface area contributed by atoms with Crippen LogP contribution < -0.4 is 5.32 Å². The summed E-state index contributed by atoms with van der Waals surface area (Å²) in [6, 6.07) is -0.104. The van der Waals surface area contributed by atoms with Gasteiger partial charge in [0.2, 0.25) is 5.91 Å². The van der Waals surface area contributed by atoms with E-state index in [9.17, 15) is 9.90 Å². The van der Waals surface area contributed by atoms with Gasteiger partial charge in [-0.25, -0.2) is 4.98 Å². The number of aromatic nitrogens is 1. The van der Waals surface area contributed by atoms with Crippen LogP contribution in [0.4, 0.5) is 0 Å². The van der Waals surface area contributed by atoms with Gasteiger partial charge >= 0.3 is 0 Å². The summed E-state index contributed by atoms with van der Waals surface area (Å²) in [7, 11) is 0. The number of rotatable bonds is 3.